The third kappa shape index (κ3) is 4.05. The topological polar surface area (TPSA) is 38.8 Å². The van der Waals surface area contributed by atoms with Crippen LogP contribution in [0.3, 0.4) is 0 Å². The summed E-state index contributed by atoms with van der Waals surface area (Å²) < 4.78 is 11.6. The first-order chi connectivity index (χ1) is 10.1. The highest BCUT2D eigenvalue weighted by atomic mass is 79.9. The fourth-order valence-corrected chi connectivity index (χ4v) is 3.02. The molecule has 1 saturated heterocycles. The fourth-order valence-electron chi connectivity index (χ4n) is 2.76. The van der Waals surface area contributed by atoms with Crippen LogP contribution in [0.25, 0.3) is 0 Å². The summed E-state index contributed by atoms with van der Waals surface area (Å²) in [6.45, 7) is 7.42. The molecule has 1 unspecified atom stereocenters. The molecule has 1 fully saturated rings. The molecule has 0 aliphatic carbocycles. The van der Waals surface area contributed by atoms with Gasteiger partial charge in [-0.3, -0.25) is 9.69 Å². The Morgan fingerprint density at radius 1 is 1.33 bits per heavy atom. The van der Waals surface area contributed by atoms with Crippen molar-refractivity contribution < 1.29 is 14.3 Å². The minimum absolute atomic E-state index is 0.158. The molecule has 0 bridgehead atoms. The molecule has 1 aromatic rings. The lowest BCUT2D eigenvalue weighted by molar-refractivity contribution is -0.147. The van der Waals surface area contributed by atoms with E-state index in [9.17, 15) is 4.79 Å². The van der Waals surface area contributed by atoms with Crippen LogP contribution in [0, 0.1) is 0 Å². The van der Waals surface area contributed by atoms with E-state index >= 15 is 0 Å². The number of hydrogen-bond donors (Lipinski definition) is 0. The SMILES string of the molecule is CCOC(=O)CC(C)(c1ccc(Br)cc1)N1CCOCC1. The molecule has 1 aliphatic heterocycles. The fraction of sp³-hybridized carbons (Fsp3) is 0.562. The second-order valence-electron chi connectivity index (χ2n) is 5.36. The third-order valence-corrected chi connectivity index (χ3v) is 4.50. The molecule has 1 heterocycles. The molecule has 1 atom stereocenters. The Labute approximate surface area is 134 Å². The molecule has 0 radical (unpaired) electrons. The van der Waals surface area contributed by atoms with E-state index in [0.29, 0.717) is 26.2 Å². The molecule has 21 heavy (non-hydrogen) atoms. The highest BCUT2D eigenvalue weighted by molar-refractivity contribution is 9.10. The maximum absolute atomic E-state index is 12.1. The molecule has 0 spiro atoms. The molecule has 0 amide bonds. The summed E-state index contributed by atoms with van der Waals surface area (Å²) in [5.41, 5.74) is 0.761. The van der Waals surface area contributed by atoms with E-state index in [1.54, 1.807) is 0 Å². The molecule has 1 aromatic carbocycles. The van der Waals surface area contributed by atoms with Gasteiger partial charge in [-0.15, -0.1) is 0 Å². The number of rotatable bonds is 5. The van der Waals surface area contributed by atoms with Crippen LogP contribution >= 0.6 is 15.9 Å². The lowest BCUT2D eigenvalue weighted by Crippen LogP contribution is -2.50. The average Bonchev–Trinajstić information content (AvgIpc) is 2.49. The maximum Gasteiger partial charge on any atom is 0.307 e. The van der Waals surface area contributed by atoms with Gasteiger partial charge in [0.05, 0.1) is 31.8 Å². The van der Waals surface area contributed by atoms with Crippen LogP contribution in [-0.4, -0.2) is 43.8 Å². The molecular weight excluding hydrogens is 334 g/mol. The molecule has 0 saturated carbocycles. The van der Waals surface area contributed by atoms with Crippen LogP contribution in [0.1, 0.15) is 25.8 Å². The number of carbonyl (C=O) groups is 1. The van der Waals surface area contributed by atoms with E-state index in [1.807, 2.05) is 19.1 Å². The number of carbonyl (C=O) groups excluding carboxylic acids is 1. The molecule has 0 aromatic heterocycles. The van der Waals surface area contributed by atoms with Crippen molar-refractivity contribution in [3.8, 4) is 0 Å². The van der Waals surface area contributed by atoms with Gasteiger partial charge < -0.3 is 9.47 Å². The Morgan fingerprint density at radius 3 is 2.52 bits per heavy atom. The van der Waals surface area contributed by atoms with Crippen molar-refractivity contribution in [2.75, 3.05) is 32.9 Å². The van der Waals surface area contributed by atoms with E-state index in [4.69, 9.17) is 9.47 Å². The van der Waals surface area contributed by atoms with Gasteiger partial charge in [-0.2, -0.15) is 0 Å². The van der Waals surface area contributed by atoms with Crippen LogP contribution in [0.15, 0.2) is 28.7 Å². The smallest absolute Gasteiger partial charge is 0.307 e. The first-order valence-electron chi connectivity index (χ1n) is 7.30. The van der Waals surface area contributed by atoms with Gasteiger partial charge in [0, 0.05) is 17.6 Å². The predicted molar refractivity (Wildman–Crippen MR) is 85.1 cm³/mol. The Morgan fingerprint density at radius 2 is 1.95 bits per heavy atom. The van der Waals surface area contributed by atoms with Gasteiger partial charge in [0.1, 0.15) is 0 Å². The van der Waals surface area contributed by atoms with Crippen molar-refractivity contribution in [3.05, 3.63) is 34.3 Å². The highest BCUT2D eigenvalue weighted by Crippen LogP contribution is 2.33. The number of halogens is 1. The highest BCUT2D eigenvalue weighted by Gasteiger charge is 2.37. The first kappa shape index (κ1) is 16.5. The molecular formula is C16H22BrNO3. The van der Waals surface area contributed by atoms with Crippen LogP contribution in [0.2, 0.25) is 0 Å². The van der Waals surface area contributed by atoms with Crippen molar-refractivity contribution in [1.29, 1.82) is 0 Å². The molecule has 0 N–H and O–H groups in total. The van der Waals surface area contributed by atoms with E-state index in [1.165, 1.54) is 0 Å². The summed E-state index contributed by atoms with van der Waals surface area (Å²) in [5.74, 6) is -0.158. The predicted octanol–water partition coefficient (Wildman–Crippen LogP) is 2.95. The number of morpholine rings is 1. The number of hydrogen-bond acceptors (Lipinski definition) is 4. The van der Waals surface area contributed by atoms with Gasteiger partial charge in [-0.25, -0.2) is 0 Å². The van der Waals surface area contributed by atoms with E-state index in [2.05, 4.69) is 39.9 Å². The first-order valence-corrected chi connectivity index (χ1v) is 8.10. The lowest BCUT2D eigenvalue weighted by Gasteiger charge is -2.43. The molecule has 5 heteroatoms. The summed E-state index contributed by atoms with van der Waals surface area (Å²) in [6, 6.07) is 8.16. The molecule has 1 aliphatic rings. The van der Waals surface area contributed by atoms with E-state index in [-0.39, 0.29) is 11.5 Å². The number of esters is 1. The number of nitrogens with zero attached hydrogens (tertiary/aromatic N) is 1. The van der Waals surface area contributed by atoms with Crippen molar-refractivity contribution in [3.63, 3.8) is 0 Å². The summed E-state index contributed by atoms with van der Waals surface area (Å²) in [7, 11) is 0. The monoisotopic (exact) mass is 355 g/mol. The Balaban J connectivity index is 2.27. The van der Waals surface area contributed by atoms with Crippen LogP contribution in [0.4, 0.5) is 0 Å². The van der Waals surface area contributed by atoms with Gasteiger partial charge in [0.25, 0.3) is 0 Å². The Hall–Kier alpha value is -0.910. The van der Waals surface area contributed by atoms with Crippen molar-refractivity contribution in [2.45, 2.75) is 25.8 Å². The standard InChI is InChI=1S/C16H22BrNO3/c1-3-21-15(19)12-16(2,18-8-10-20-11-9-18)13-4-6-14(17)7-5-13/h4-7H,3,8-12H2,1-2H3. The molecule has 116 valence electrons. The van der Waals surface area contributed by atoms with Crippen LogP contribution in [0.5, 0.6) is 0 Å². The van der Waals surface area contributed by atoms with E-state index < -0.39 is 0 Å². The van der Waals surface area contributed by atoms with Crippen LogP contribution in [-0.2, 0) is 19.8 Å². The Kier molecular flexibility index (Phi) is 5.79. The summed E-state index contributed by atoms with van der Waals surface area (Å²) in [5, 5.41) is 0. The molecule has 2 rings (SSSR count). The maximum atomic E-state index is 12.1. The zero-order valence-corrected chi connectivity index (χ0v) is 14.2. The average molecular weight is 356 g/mol. The summed E-state index contributed by atoms with van der Waals surface area (Å²) in [4.78, 5) is 14.4. The van der Waals surface area contributed by atoms with E-state index in [0.717, 1.165) is 23.1 Å². The summed E-state index contributed by atoms with van der Waals surface area (Å²) >= 11 is 3.46. The van der Waals surface area contributed by atoms with Gasteiger partial charge in [-0.1, -0.05) is 28.1 Å². The lowest BCUT2D eigenvalue weighted by atomic mass is 9.86. The number of ether oxygens (including phenoxy) is 2. The zero-order chi connectivity index (χ0) is 15.3. The number of benzene rings is 1. The van der Waals surface area contributed by atoms with Crippen molar-refractivity contribution >= 4 is 21.9 Å². The van der Waals surface area contributed by atoms with Crippen molar-refractivity contribution in [2.24, 2.45) is 0 Å². The van der Waals surface area contributed by atoms with Gasteiger partial charge in [0.15, 0.2) is 0 Å². The van der Waals surface area contributed by atoms with Crippen LogP contribution < -0.4 is 0 Å². The minimum Gasteiger partial charge on any atom is -0.466 e. The normalized spacial score (nSPS) is 19.0. The van der Waals surface area contributed by atoms with Gasteiger partial charge in [0.2, 0.25) is 0 Å². The zero-order valence-electron chi connectivity index (χ0n) is 12.6. The summed E-state index contributed by atoms with van der Waals surface area (Å²) in [6.07, 6.45) is 0.350. The molecule has 4 nitrogen and oxygen atoms in total. The third-order valence-electron chi connectivity index (χ3n) is 3.97. The second-order valence-corrected chi connectivity index (χ2v) is 6.28. The Bertz CT molecular complexity index is 471. The largest absolute Gasteiger partial charge is 0.466 e. The second kappa shape index (κ2) is 7.38. The van der Waals surface area contributed by atoms with Crippen molar-refractivity contribution in [1.82, 2.24) is 4.90 Å². The quantitative estimate of drug-likeness (QED) is 0.761. The minimum atomic E-state index is -0.364. The van der Waals surface area contributed by atoms with Gasteiger partial charge in [-0.05, 0) is 31.5 Å². The van der Waals surface area contributed by atoms with Gasteiger partial charge >= 0.3 is 5.97 Å².